The van der Waals surface area contributed by atoms with Gasteiger partial charge in [-0.1, -0.05) is 31.5 Å². The molecule has 0 atom stereocenters. The number of hydrogen-bond acceptors (Lipinski definition) is 6. The quantitative estimate of drug-likeness (QED) is 0.472. The van der Waals surface area contributed by atoms with Crippen LogP contribution in [-0.2, 0) is 0 Å². The van der Waals surface area contributed by atoms with Gasteiger partial charge in [-0.3, -0.25) is 14.9 Å². The van der Waals surface area contributed by atoms with Crippen LogP contribution >= 0.6 is 11.6 Å². The smallest absolute Gasteiger partial charge is 0.144 e. The molecule has 1 fully saturated rings. The fraction of sp³-hybridized carbons (Fsp3) is 0.370. The Labute approximate surface area is 214 Å². The van der Waals surface area contributed by atoms with E-state index in [4.69, 9.17) is 16.6 Å². The Balaban J connectivity index is 1.34. The van der Waals surface area contributed by atoms with Crippen molar-refractivity contribution < 1.29 is 8.78 Å². The Morgan fingerprint density at radius 1 is 1.03 bits per heavy atom. The molecule has 9 heteroatoms. The minimum atomic E-state index is -0.794. The summed E-state index contributed by atoms with van der Waals surface area (Å²) in [5.74, 6) is -1.50. The van der Waals surface area contributed by atoms with Crippen LogP contribution in [0.2, 0.25) is 5.02 Å². The molecule has 5 rings (SSSR count). The standard InChI is InChI=1S/C27H29ClF2N6/c1-17(2)31-7-8-35-9-11-36(12-10-35)18-13-26-25(33-16-18)4-3-24(34-26)19-5-6-32-27(19)20-14-21(28)23(30)15-22(20)29/h3-5,13-17,31H,6-12H2,1-2H3. The maximum atomic E-state index is 14.6. The van der Waals surface area contributed by atoms with Gasteiger partial charge in [0, 0.05) is 62.5 Å². The number of benzene rings is 1. The summed E-state index contributed by atoms with van der Waals surface area (Å²) in [6, 6.07) is 8.40. The fourth-order valence-electron chi connectivity index (χ4n) is 4.63. The van der Waals surface area contributed by atoms with Crippen LogP contribution in [0, 0.1) is 11.6 Å². The highest BCUT2D eigenvalue weighted by atomic mass is 35.5. The van der Waals surface area contributed by atoms with E-state index in [0.717, 1.165) is 62.1 Å². The van der Waals surface area contributed by atoms with Gasteiger partial charge in [0.1, 0.15) is 11.6 Å². The van der Waals surface area contributed by atoms with Gasteiger partial charge < -0.3 is 10.2 Å². The van der Waals surface area contributed by atoms with Crippen LogP contribution in [0.5, 0.6) is 0 Å². The van der Waals surface area contributed by atoms with E-state index in [1.165, 1.54) is 6.07 Å². The molecule has 1 aromatic carbocycles. The van der Waals surface area contributed by atoms with E-state index in [9.17, 15) is 8.78 Å². The van der Waals surface area contributed by atoms with Crippen molar-refractivity contribution in [3.8, 4) is 0 Å². The second-order valence-corrected chi connectivity index (χ2v) is 9.83. The van der Waals surface area contributed by atoms with Gasteiger partial charge >= 0.3 is 0 Å². The molecule has 6 nitrogen and oxygen atoms in total. The average Bonchev–Trinajstić information content (AvgIpc) is 3.35. The summed E-state index contributed by atoms with van der Waals surface area (Å²) in [5.41, 5.74) is 4.55. The summed E-state index contributed by atoms with van der Waals surface area (Å²) < 4.78 is 28.2. The molecule has 1 saturated heterocycles. The first-order chi connectivity index (χ1) is 17.4. The van der Waals surface area contributed by atoms with Crippen LogP contribution in [0.4, 0.5) is 14.5 Å². The highest BCUT2D eigenvalue weighted by molar-refractivity contribution is 6.35. The zero-order valence-corrected chi connectivity index (χ0v) is 21.2. The average molecular weight is 511 g/mol. The maximum Gasteiger partial charge on any atom is 0.144 e. The summed E-state index contributed by atoms with van der Waals surface area (Å²) in [5, 5.41) is 3.33. The van der Waals surface area contributed by atoms with Gasteiger partial charge in [-0.05, 0) is 24.3 Å². The molecule has 0 amide bonds. The molecule has 0 aliphatic carbocycles. The number of rotatable bonds is 7. The van der Waals surface area contributed by atoms with Gasteiger partial charge in [-0.2, -0.15) is 0 Å². The van der Waals surface area contributed by atoms with Crippen molar-refractivity contribution in [1.82, 2.24) is 20.2 Å². The third kappa shape index (κ3) is 5.26. The van der Waals surface area contributed by atoms with Crippen molar-refractivity contribution in [1.29, 1.82) is 0 Å². The van der Waals surface area contributed by atoms with Crippen molar-refractivity contribution in [3.63, 3.8) is 0 Å². The number of halogens is 3. The zero-order chi connectivity index (χ0) is 25.2. The van der Waals surface area contributed by atoms with E-state index in [0.29, 0.717) is 29.6 Å². The second kappa shape index (κ2) is 10.6. The van der Waals surface area contributed by atoms with Crippen molar-refractivity contribution in [2.75, 3.05) is 50.7 Å². The summed E-state index contributed by atoms with van der Waals surface area (Å²) in [6.07, 6.45) is 3.79. The van der Waals surface area contributed by atoms with E-state index in [1.807, 2.05) is 24.4 Å². The number of allylic oxidation sites excluding steroid dienone is 1. The van der Waals surface area contributed by atoms with Crippen LogP contribution in [0.15, 0.2) is 47.6 Å². The third-order valence-corrected chi connectivity index (χ3v) is 6.87. The summed E-state index contributed by atoms with van der Waals surface area (Å²) >= 11 is 5.92. The molecule has 0 spiro atoms. The molecular formula is C27H29ClF2N6. The van der Waals surface area contributed by atoms with Gasteiger partial charge in [0.15, 0.2) is 0 Å². The highest BCUT2D eigenvalue weighted by Crippen LogP contribution is 2.29. The number of fused-ring (bicyclic) bond motifs is 1. The lowest BCUT2D eigenvalue weighted by Gasteiger charge is -2.36. The fourth-order valence-corrected chi connectivity index (χ4v) is 4.79. The molecule has 188 valence electrons. The van der Waals surface area contributed by atoms with Crippen LogP contribution < -0.4 is 10.2 Å². The molecule has 1 N–H and O–H groups in total. The predicted molar refractivity (Wildman–Crippen MR) is 142 cm³/mol. The number of aliphatic imine (C=N–C) groups is 1. The molecule has 0 radical (unpaired) electrons. The highest BCUT2D eigenvalue weighted by Gasteiger charge is 2.23. The SMILES string of the molecule is CC(C)NCCN1CCN(c2cnc3ccc(C4=CCN=C4c4cc(Cl)c(F)cc4F)nc3c2)CC1. The molecule has 2 aromatic heterocycles. The number of nitrogens with zero attached hydrogens (tertiary/aromatic N) is 5. The number of hydrogen-bond donors (Lipinski definition) is 1. The van der Waals surface area contributed by atoms with E-state index >= 15 is 0 Å². The van der Waals surface area contributed by atoms with Crippen molar-refractivity contribution >= 4 is 39.6 Å². The minimum Gasteiger partial charge on any atom is -0.368 e. The Morgan fingerprint density at radius 3 is 2.61 bits per heavy atom. The lowest BCUT2D eigenvalue weighted by Crippen LogP contribution is -2.48. The van der Waals surface area contributed by atoms with Crippen LogP contribution in [-0.4, -0.2) is 72.4 Å². The maximum absolute atomic E-state index is 14.6. The van der Waals surface area contributed by atoms with Crippen molar-refractivity contribution in [3.05, 3.63) is 70.5 Å². The number of piperazine rings is 1. The normalized spacial score (nSPS) is 16.7. The molecule has 4 heterocycles. The molecule has 2 aliphatic heterocycles. The Hall–Kier alpha value is -2.94. The van der Waals surface area contributed by atoms with Crippen LogP contribution in [0.25, 0.3) is 16.6 Å². The third-order valence-electron chi connectivity index (χ3n) is 6.58. The molecule has 0 bridgehead atoms. The van der Waals surface area contributed by atoms with Crippen LogP contribution in [0.1, 0.15) is 25.1 Å². The number of anilines is 1. The Bertz CT molecular complexity index is 1330. The lowest BCUT2D eigenvalue weighted by molar-refractivity contribution is 0.255. The molecule has 0 unspecified atom stereocenters. The Kier molecular flexibility index (Phi) is 7.27. The van der Waals surface area contributed by atoms with Crippen molar-refractivity contribution in [2.24, 2.45) is 4.99 Å². The number of nitrogens with one attached hydrogen (secondary N) is 1. The Morgan fingerprint density at radius 2 is 1.83 bits per heavy atom. The monoisotopic (exact) mass is 510 g/mol. The molecule has 2 aliphatic rings. The zero-order valence-electron chi connectivity index (χ0n) is 20.4. The molecule has 3 aromatic rings. The topological polar surface area (TPSA) is 56.6 Å². The molecule has 36 heavy (non-hydrogen) atoms. The predicted octanol–water partition coefficient (Wildman–Crippen LogP) is 4.57. The summed E-state index contributed by atoms with van der Waals surface area (Å²) in [4.78, 5) is 18.7. The summed E-state index contributed by atoms with van der Waals surface area (Å²) in [7, 11) is 0. The van der Waals surface area contributed by atoms with Gasteiger partial charge in [0.25, 0.3) is 0 Å². The lowest BCUT2D eigenvalue weighted by atomic mass is 9.99. The van der Waals surface area contributed by atoms with Gasteiger partial charge in [-0.15, -0.1) is 0 Å². The van der Waals surface area contributed by atoms with E-state index in [1.54, 1.807) is 0 Å². The largest absolute Gasteiger partial charge is 0.368 e. The second-order valence-electron chi connectivity index (χ2n) is 9.42. The van der Waals surface area contributed by atoms with E-state index < -0.39 is 11.6 Å². The first kappa shape index (κ1) is 24.7. The molecular weight excluding hydrogens is 482 g/mol. The number of pyridine rings is 2. The number of aromatic nitrogens is 2. The van der Waals surface area contributed by atoms with Gasteiger partial charge in [-0.25, -0.2) is 13.8 Å². The van der Waals surface area contributed by atoms with Gasteiger partial charge in [0.2, 0.25) is 0 Å². The van der Waals surface area contributed by atoms with Gasteiger partial charge in [0.05, 0.1) is 45.9 Å². The van der Waals surface area contributed by atoms with E-state index in [2.05, 4.69) is 45.0 Å². The molecule has 0 saturated carbocycles. The first-order valence-electron chi connectivity index (χ1n) is 12.3. The van der Waals surface area contributed by atoms with E-state index in [-0.39, 0.29) is 10.6 Å². The minimum absolute atomic E-state index is 0.142. The van der Waals surface area contributed by atoms with Crippen molar-refractivity contribution in [2.45, 2.75) is 19.9 Å². The first-order valence-corrected chi connectivity index (χ1v) is 12.6. The van der Waals surface area contributed by atoms with Crippen LogP contribution in [0.3, 0.4) is 0 Å². The summed E-state index contributed by atoms with van der Waals surface area (Å²) in [6.45, 7) is 10.6.